The average Bonchev–Trinajstić information content (AvgIpc) is 2.16. The maximum Gasteiger partial charge on any atom is 0.331 e. The standard InChI is InChI=1S/C12H13ClO2/c1-9(2)7-12(14)15-8-10-3-5-11(13)6-4-10/h3-7H,8H2,1-2H3. The lowest BCUT2D eigenvalue weighted by molar-refractivity contribution is -0.139. The summed E-state index contributed by atoms with van der Waals surface area (Å²) in [7, 11) is 0. The SMILES string of the molecule is CC(C)=CC(=O)OCc1ccc(Cl)cc1. The molecule has 0 saturated heterocycles. The van der Waals surface area contributed by atoms with Crippen molar-refractivity contribution in [3.8, 4) is 0 Å². The minimum absolute atomic E-state index is 0.278. The molecule has 80 valence electrons. The van der Waals surface area contributed by atoms with Crippen LogP contribution in [0.5, 0.6) is 0 Å². The highest BCUT2D eigenvalue weighted by Gasteiger charge is 1.99. The molecular weight excluding hydrogens is 212 g/mol. The third kappa shape index (κ3) is 4.66. The lowest BCUT2D eigenvalue weighted by atomic mass is 10.2. The number of hydrogen-bond acceptors (Lipinski definition) is 2. The average molecular weight is 225 g/mol. The van der Waals surface area contributed by atoms with Crippen LogP contribution in [0.3, 0.4) is 0 Å². The molecule has 0 heterocycles. The highest BCUT2D eigenvalue weighted by atomic mass is 35.5. The first kappa shape index (κ1) is 11.8. The molecule has 0 saturated carbocycles. The number of allylic oxidation sites excluding steroid dienone is 1. The molecule has 1 aromatic carbocycles. The van der Waals surface area contributed by atoms with Crippen molar-refractivity contribution in [2.45, 2.75) is 20.5 Å². The molecule has 0 fully saturated rings. The summed E-state index contributed by atoms with van der Waals surface area (Å²) in [5.74, 6) is -0.315. The monoisotopic (exact) mass is 224 g/mol. The van der Waals surface area contributed by atoms with Crippen molar-refractivity contribution in [1.82, 2.24) is 0 Å². The van der Waals surface area contributed by atoms with Gasteiger partial charge in [-0.2, -0.15) is 0 Å². The van der Waals surface area contributed by atoms with Gasteiger partial charge in [0.2, 0.25) is 0 Å². The van der Waals surface area contributed by atoms with Crippen LogP contribution in [0.2, 0.25) is 5.02 Å². The Morgan fingerprint density at radius 1 is 1.33 bits per heavy atom. The number of rotatable bonds is 3. The predicted molar refractivity (Wildman–Crippen MR) is 60.7 cm³/mol. The molecule has 0 amide bonds. The molecule has 0 radical (unpaired) electrons. The molecule has 0 aliphatic rings. The highest BCUT2D eigenvalue weighted by molar-refractivity contribution is 6.30. The maximum atomic E-state index is 11.2. The van der Waals surface area contributed by atoms with Crippen LogP contribution in [-0.2, 0) is 16.1 Å². The first-order valence-corrected chi connectivity index (χ1v) is 5.02. The molecule has 1 rings (SSSR count). The van der Waals surface area contributed by atoms with Crippen LogP contribution >= 0.6 is 11.6 Å². The summed E-state index contributed by atoms with van der Waals surface area (Å²) < 4.78 is 5.02. The number of ether oxygens (including phenoxy) is 1. The van der Waals surface area contributed by atoms with Crippen LogP contribution in [0.15, 0.2) is 35.9 Å². The number of esters is 1. The van der Waals surface area contributed by atoms with Gasteiger partial charge in [-0.1, -0.05) is 29.3 Å². The van der Waals surface area contributed by atoms with E-state index in [-0.39, 0.29) is 12.6 Å². The highest BCUT2D eigenvalue weighted by Crippen LogP contribution is 2.10. The number of carbonyl (C=O) groups excluding carboxylic acids is 1. The number of carbonyl (C=O) groups is 1. The smallest absolute Gasteiger partial charge is 0.331 e. The zero-order chi connectivity index (χ0) is 11.3. The Bertz CT molecular complexity index is 362. The van der Waals surface area contributed by atoms with Crippen molar-refractivity contribution in [2.75, 3.05) is 0 Å². The summed E-state index contributed by atoms with van der Waals surface area (Å²) in [6, 6.07) is 7.20. The Morgan fingerprint density at radius 3 is 2.47 bits per heavy atom. The van der Waals surface area contributed by atoms with E-state index in [9.17, 15) is 4.79 Å². The van der Waals surface area contributed by atoms with E-state index in [1.54, 1.807) is 12.1 Å². The maximum absolute atomic E-state index is 11.2. The molecule has 0 aliphatic carbocycles. The molecule has 0 aliphatic heterocycles. The summed E-state index contributed by atoms with van der Waals surface area (Å²) in [5.41, 5.74) is 1.85. The van der Waals surface area contributed by atoms with Crippen LogP contribution in [0, 0.1) is 0 Å². The van der Waals surface area contributed by atoms with Crippen LogP contribution in [0.25, 0.3) is 0 Å². The second-order valence-electron chi connectivity index (χ2n) is 3.46. The zero-order valence-electron chi connectivity index (χ0n) is 8.79. The van der Waals surface area contributed by atoms with Gasteiger partial charge in [0, 0.05) is 11.1 Å². The van der Waals surface area contributed by atoms with Crippen molar-refractivity contribution >= 4 is 17.6 Å². The summed E-state index contributed by atoms with van der Waals surface area (Å²) in [6.45, 7) is 3.98. The van der Waals surface area contributed by atoms with Gasteiger partial charge >= 0.3 is 5.97 Å². The summed E-state index contributed by atoms with van der Waals surface area (Å²) >= 11 is 5.73. The Kier molecular flexibility index (Phi) is 4.37. The summed E-state index contributed by atoms with van der Waals surface area (Å²) in [5, 5.41) is 0.675. The van der Waals surface area contributed by atoms with E-state index in [1.807, 2.05) is 26.0 Å². The Hall–Kier alpha value is -1.28. The summed E-state index contributed by atoms with van der Waals surface area (Å²) in [4.78, 5) is 11.2. The molecule has 0 unspecified atom stereocenters. The van der Waals surface area contributed by atoms with Crippen LogP contribution in [0.4, 0.5) is 0 Å². The van der Waals surface area contributed by atoms with Gasteiger partial charge in [-0.25, -0.2) is 4.79 Å². The van der Waals surface area contributed by atoms with Gasteiger partial charge in [-0.15, -0.1) is 0 Å². The first-order valence-electron chi connectivity index (χ1n) is 4.64. The van der Waals surface area contributed by atoms with Gasteiger partial charge in [-0.3, -0.25) is 0 Å². The molecule has 0 spiro atoms. The summed E-state index contributed by atoms with van der Waals surface area (Å²) in [6.07, 6.45) is 1.47. The number of benzene rings is 1. The molecule has 15 heavy (non-hydrogen) atoms. The third-order valence-electron chi connectivity index (χ3n) is 1.70. The molecular formula is C12H13ClO2. The normalized spacial score (nSPS) is 9.53. The van der Waals surface area contributed by atoms with E-state index in [0.717, 1.165) is 11.1 Å². The minimum atomic E-state index is -0.315. The van der Waals surface area contributed by atoms with Crippen molar-refractivity contribution in [3.05, 3.63) is 46.5 Å². The van der Waals surface area contributed by atoms with Gasteiger partial charge < -0.3 is 4.74 Å². The second-order valence-corrected chi connectivity index (χ2v) is 3.89. The number of halogens is 1. The molecule has 0 N–H and O–H groups in total. The molecule has 0 atom stereocenters. The third-order valence-corrected chi connectivity index (χ3v) is 1.95. The Labute approximate surface area is 94.5 Å². The number of hydrogen-bond donors (Lipinski definition) is 0. The Balaban J connectivity index is 2.47. The van der Waals surface area contributed by atoms with E-state index in [2.05, 4.69) is 0 Å². The zero-order valence-corrected chi connectivity index (χ0v) is 9.54. The van der Waals surface area contributed by atoms with Crippen molar-refractivity contribution in [3.63, 3.8) is 0 Å². The van der Waals surface area contributed by atoms with E-state index in [4.69, 9.17) is 16.3 Å². The molecule has 0 aromatic heterocycles. The second kappa shape index (κ2) is 5.56. The van der Waals surface area contributed by atoms with E-state index in [0.29, 0.717) is 5.02 Å². The molecule has 3 heteroatoms. The van der Waals surface area contributed by atoms with Gasteiger partial charge in [-0.05, 0) is 31.5 Å². The van der Waals surface area contributed by atoms with Gasteiger partial charge in [0.1, 0.15) is 6.61 Å². The fourth-order valence-corrected chi connectivity index (χ4v) is 1.14. The van der Waals surface area contributed by atoms with Crippen molar-refractivity contribution < 1.29 is 9.53 Å². The first-order chi connectivity index (χ1) is 7.08. The van der Waals surface area contributed by atoms with Gasteiger partial charge in [0.05, 0.1) is 0 Å². The lowest BCUT2D eigenvalue weighted by Gasteiger charge is -2.02. The quantitative estimate of drug-likeness (QED) is 0.582. The fraction of sp³-hybridized carbons (Fsp3) is 0.250. The van der Waals surface area contributed by atoms with Gasteiger partial charge in [0.25, 0.3) is 0 Å². The molecule has 0 bridgehead atoms. The van der Waals surface area contributed by atoms with E-state index in [1.165, 1.54) is 6.08 Å². The lowest BCUT2D eigenvalue weighted by Crippen LogP contribution is -2.01. The van der Waals surface area contributed by atoms with E-state index < -0.39 is 0 Å². The largest absolute Gasteiger partial charge is 0.458 e. The van der Waals surface area contributed by atoms with Gasteiger partial charge in [0.15, 0.2) is 0 Å². The molecule has 1 aromatic rings. The van der Waals surface area contributed by atoms with Crippen LogP contribution < -0.4 is 0 Å². The van der Waals surface area contributed by atoms with Crippen LogP contribution in [-0.4, -0.2) is 5.97 Å². The van der Waals surface area contributed by atoms with Crippen LogP contribution in [0.1, 0.15) is 19.4 Å². The van der Waals surface area contributed by atoms with Crippen molar-refractivity contribution in [2.24, 2.45) is 0 Å². The topological polar surface area (TPSA) is 26.3 Å². The van der Waals surface area contributed by atoms with Crippen molar-refractivity contribution in [1.29, 1.82) is 0 Å². The molecule has 2 nitrogen and oxygen atoms in total. The fourth-order valence-electron chi connectivity index (χ4n) is 1.01. The van der Waals surface area contributed by atoms with E-state index >= 15 is 0 Å². The predicted octanol–water partition coefficient (Wildman–Crippen LogP) is 3.35. The minimum Gasteiger partial charge on any atom is -0.458 e. The Morgan fingerprint density at radius 2 is 1.93 bits per heavy atom.